The summed E-state index contributed by atoms with van der Waals surface area (Å²) in [4.78, 5) is 27.7. The van der Waals surface area contributed by atoms with Gasteiger partial charge in [0.05, 0.1) is 0 Å². The van der Waals surface area contributed by atoms with E-state index >= 15 is 0 Å². The predicted molar refractivity (Wildman–Crippen MR) is 92.7 cm³/mol. The van der Waals surface area contributed by atoms with Gasteiger partial charge in [0.15, 0.2) is 11.6 Å². The van der Waals surface area contributed by atoms with Crippen LogP contribution in [-0.2, 0) is 6.18 Å². The van der Waals surface area contributed by atoms with E-state index in [-0.39, 0.29) is 23.7 Å². The molecule has 0 radical (unpaired) electrons. The average molecular weight is 395 g/mol. The SMILES string of the molecule is Cc1nc(C(=O)N2CCC(N(c3cc(C(F)(F)F)ncn3)C3CC3)CC2)co1. The van der Waals surface area contributed by atoms with Crippen molar-refractivity contribution >= 4 is 11.7 Å². The van der Waals surface area contributed by atoms with Gasteiger partial charge in [-0.05, 0) is 25.7 Å². The van der Waals surface area contributed by atoms with E-state index in [4.69, 9.17) is 4.42 Å². The highest BCUT2D eigenvalue weighted by molar-refractivity contribution is 5.92. The third-order valence-corrected chi connectivity index (χ3v) is 5.13. The predicted octanol–water partition coefficient (Wildman–Crippen LogP) is 3.07. The molecule has 0 spiro atoms. The molecular weight excluding hydrogens is 375 g/mol. The molecule has 2 aromatic rings. The maximum atomic E-state index is 13.0. The van der Waals surface area contributed by atoms with Gasteiger partial charge in [-0.3, -0.25) is 4.79 Å². The molecule has 7 nitrogen and oxygen atoms in total. The van der Waals surface area contributed by atoms with E-state index in [9.17, 15) is 18.0 Å². The average Bonchev–Trinajstić information content (AvgIpc) is 3.41. The Balaban J connectivity index is 1.47. The lowest BCUT2D eigenvalue weighted by Gasteiger charge is -2.39. The van der Waals surface area contributed by atoms with Crippen molar-refractivity contribution < 1.29 is 22.4 Å². The lowest BCUT2D eigenvalue weighted by atomic mass is 10.0. The Morgan fingerprint density at radius 2 is 1.86 bits per heavy atom. The Morgan fingerprint density at radius 1 is 1.18 bits per heavy atom. The van der Waals surface area contributed by atoms with Crippen molar-refractivity contribution in [3.63, 3.8) is 0 Å². The number of hydrogen-bond acceptors (Lipinski definition) is 6. The number of nitrogens with zero attached hydrogens (tertiary/aromatic N) is 5. The molecule has 2 aliphatic rings. The molecule has 3 heterocycles. The van der Waals surface area contributed by atoms with Gasteiger partial charge in [-0.15, -0.1) is 0 Å². The minimum absolute atomic E-state index is 0.0339. The largest absolute Gasteiger partial charge is 0.448 e. The molecular formula is C18H20F3N5O2. The maximum absolute atomic E-state index is 13.0. The number of aromatic nitrogens is 3. The van der Waals surface area contributed by atoms with E-state index in [2.05, 4.69) is 15.0 Å². The zero-order valence-corrected chi connectivity index (χ0v) is 15.3. The molecule has 0 atom stereocenters. The van der Waals surface area contributed by atoms with Crippen LogP contribution in [0.4, 0.5) is 19.0 Å². The minimum Gasteiger partial charge on any atom is -0.448 e. The first-order valence-electron chi connectivity index (χ1n) is 9.22. The Morgan fingerprint density at radius 3 is 2.43 bits per heavy atom. The van der Waals surface area contributed by atoms with Crippen LogP contribution in [0.1, 0.15) is 47.8 Å². The van der Waals surface area contributed by atoms with E-state index in [0.29, 0.717) is 37.6 Å². The number of oxazole rings is 1. The molecule has 2 aromatic heterocycles. The summed E-state index contributed by atoms with van der Waals surface area (Å²) in [5.74, 6) is 0.554. The number of rotatable bonds is 4. The smallest absolute Gasteiger partial charge is 0.433 e. The van der Waals surface area contributed by atoms with E-state index in [1.54, 1.807) is 11.8 Å². The van der Waals surface area contributed by atoms with Crippen molar-refractivity contribution in [1.29, 1.82) is 0 Å². The van der Waals surface area contributed by atoms with Gasteiger partial charge in [0.1, 0.15) is 24.1 Å². The highest BCUT2D eigenvalue weighted by Gasteiger charge is 2.39. The third-order valence-electron chi connectivity index (χ3n) is 5.13. The van der Waals surface area contributed by atoms with Crippen molar-refractivity contribution in [1.82, 2.24) is 19.9 Å². The monoisotopic (exact) mass is 395 g/mol. The van der Waals surface area contributed by atoms with Crippen molar-refractivity contribution in [3.8, 4) is 0 Å². The Hall–Kier alpha value is -2.65. The number of hydrogen-bond donors (Lipinski definition) is 0. The number of anilines is 1. The normalized spacial score (nSPS) is 18.4. The molecule has 1 saturated heterocycles. The fraction of sp³-hybridized carbons (Fsp3) is 0.556. The second-order valence-electron chi connectivity index (χ2n) is 7.17. The number of piperidine rings is 1. The molecule has 150 valence electrons. The second-order valence-corrected chi connectivity index (χ2v) is 7.17. The second kappa shape index (κ2) is 7.06. The molecule has 10 heteroatoms. The maximum Gasteiger partial charge on any atom is 0.433 e. The van der Waals surface area contributed by atoms with Crippen LogP contribution >= 0.6 is 0 Å². The summed E-state index contributed by atoms with van der Waals surface area (Å²) in [7, 11) is 0. The third kappa shape index (κ3) is 3.81. The molecule has 0 bridgehead atoms. The van der Waals surface area contributed by atoms with Crippen LogP contribution in [0.15, 0.2) is 23.1 Å². The molecule has 1 amide bonds. The summed E-state index contributed by atoms with van der Waals surface area (Å²) in [6, 6.07) is 1.25. The van der Waals surface area contributed by atoms with Crippen LogP contribution in [0.5, 0.6) is 0 Å². The first kappa shape index (κ1) is 18.7. The molecule has 4 rings (SSSR count). The van der Waals surface area contributed by atoms with Gasteiger partial charge in [0.2, 0.25) is 0 Å². The highest BCUT2D eigenvalue weighted by atomic mass is 19.4. The lowest BCUT2D eigenvalue weighted by Crippen LogP contribution is -2.48. The minimum atomic E-state index is -4.50. The number of likely N-dealkylation sites (tertiary alicyclic amines) is 1. The zero-order valence-electron chi connectivity index (χ0n) is 15.3. The Bertz CT molecular complexity index is 857. The van der Waals surface area contributed by atoms with Gasteiger partial charge >= 0.3 is 6.18 Å². The van der Waals surface area contributed by atoms with Crippen molar-refractivity contribution in [3.05, 3.63) is 35.9 Å². The van der Waals surface area contributed by atoms with Gasteiger partial charge in [-0.2, -0.15) is 13.2 Å². The van der Waals surface area contributed by atoms with Crippen LogP contribution in [0.25, 0.3) is 0 Å². The quantitative estimate of drug-likeness (QED) is 0.792. The van der Waals surface area contributed by atoms with Gasteiger partial charge in [0.25, 0.3) is 5.91 Å². The van der Waals surface area contributed by atoms with Gasteiger partial charge in [-0.1, -0.05) is 0 Å². The van der Waals surface area contributed by atoms with Gasteiger partial charge in [-0.25, -0.2) is 15.0 Å². The van der Waals surface area contributed by atoms with Crippen LogP contribution in [0, 0.1) is 6.92 Å². The van der Waals surface area contributed by atoms with E-state index in [1.807, 2.05) is 4.90 Å². The number of carbonyl (C=O) groups excluding carboxylic acids is 1. The molecule has 1 aliphatic heterocycles. The van der Waals surface area contributed by atoms with Crippen LogP contribution in [0.3, 0.4) is 0 Å². The summed E-state index contributed by atoms with van der Waals surface area (Å²) in [6.45, 7) is 2.69. The summed E-state index contributed by atoms with van der Waals surface area (Å²) in [5.41, 5.74) is -0.655. The topological polar surface area (TPSA) is 75.4 Å². The fourth-order valence-electron chi connectivity index (χ4n) is 3.64. The van der Waals surface area contributed by atoms with Crippen molar-refractivity contribution in [2.24, 2.45) is 0 Å². The zero-order chi connectivity index (χ0) is 19.9. The Labute approximate surface area is 159 Å². The van der Waals surface area contributed by atoms with E-state index in [1.165, 1.54) is 6.26 Å². The van der Waals surface area contributed by atoms with E-state index < -0.39 is 11.9 Å². The number of carbonyl (C=O) groups is 1. The number of amides is 1. The van der Waals surface area contributed by atoms with Crippen molar-refractivity contribution in [2.75, 3.05) is 18.0 Å². The summed E-state index contributed by atoms with van der Waals surface area (Å²) in [5, 5.41) is 0. The van der Waals surface area contributed by atoms with Crippen molar-refractivity contribution in [2.45, 2.75) is 50.9 Å². The Kier molecular flexibility index (Phi) is 4.72. The highest BCUT2D eigenvalue weighted by Crippen LogP contribution is 2.37. The molecule has 0 unspecified atom stereocenters. The molecule has 0 aromatic carbocycles. The first-order chi connectivity index (χ1) is 13.3. The van der Waals surface area contributed by atoms with Crippen LogP contribution in [-0.4, -0.2) is 50.9 Å². The first-order valence-corrected chi connectivity index (χ1v) is 9.22. The van der Waals surface area contributed by atoms with Gasteiger partial charge in [0, 0.05) is 38.2 Å². The molecule has 0 N–H and O–H groups in total. The number of aryl methyl sites for hydroxylation is 1. The summed E-state index contributed by atoms with van der Waals surface area (Å²) in [6.07, 6.45) is 0.998. The van der Waals surface area contributed by atoms with E-state index in [0.717, 1.165) is 25.2 Å². The standard InChI is InChI=1S/C18H20F3N5O2/c1-11-24-14(9-28-11)17(27)25-6-4-13(5-7-25)26(12-2-3-12)16-8-15(18(19,20)21)22-10-23-16/h8-10,12-13H,2-7H2,1H3. The lowest BCUT2D eigenvalue weighted by molar-refractivity contribution is -0.141. The number of halogens is 3. The molecule has 1 saturated carbocycles. The fourth-order valence-corrected chi connectivity index (χ4v) is 3.64. The van der Waals surface area contributed by atoms with Crippen LogP contribution < -0.4 is 4.90 Å². The summed E-state index contributed by atoms with van der Waals surface area (Å²) >= 11 is 0. The van der Waals surface area contributed by atoms with Crippen LogP contribution in [0.2, 0.25) is 0 Å². The van der Waals surface area contributed by atoms with Gasteiger partial charge < -0.3 is 14.2 Å². The molecule has 28 heavy (non-hydrogen) atoms. The molecule has 1 aliphatic carbocycles. The number of alkyl halides is 3. The summed E-state index contributed by atoms with van der Waals surface area (Å²) < 4.78 is 44.2. The molecule has 2 fully saturated rings.